The number of allylic oxidation sites excluding steroid dienone is 7. The summed E-state index contributed by atoms with van der Waals surface area (Å²) in [5.74, 6) is -11.0. The van der Waals surface area contributed by atoms with Crippen LogP contribution in [0.3, 0.4) is 0 Å². The fraction of sp³-hybridized carbons (Fsp3) is 0.704. The lowest BCUT2D eigenvalue weighted by Crippen LogP contribution is -2.61. The smallest absolute Gasteiger partial charge is 0.342 e. The largest absolute Gasteiger partial charge is 0.462 e. The average molecular weight is 1450 g/mol. The van der Waals surface area contributed by atoms with Gasteiger partial charge >= 0.3 is 29.8 Å². The predicted molar refractivity (Wildman–Crippen MR) is 380 cm³/mol. The van der Waals surface area contributed by atoms with Crippen molar-refractivity contribution in [2.45, 2.75) is 283 Å². The zero-order chi connectivity index (χ0) is 75.7. The molecule has 4 aliphatic heterocycles. The Morgan fingerprint density at radius 2 is 1.47 bits per heavy atom. The van der Waals surface area contributed by atoms with E-state index in [9.17, 15) is 58.2 Å². The minimum Gasteiger partial charge on any atom is -0.462 e. The first kappa shape index (κ1) is 81.3. The molecule has 2 saturated carbocycles. The summed E-state index contributed by atoms with van der Waals surface area (Å²) in [5.41, 5.74) is 0.861. The fourth-order valence-electron chi connectivity index (χ4n) is 17.9. The Bertz CT molecular complexity index is 3490. The van der Waals surface area contributed by atoms with Gasteiger partial charge < -0.3 is 62.2 Å². The van der Waals surface area contributed by atoms with Gasteiger partial charge in [0.1, 0.15) is 66.4 Å². The number of furan rings is 1. The van der Waals surface area contributed by atoms with Crippen molar-refractivity contribution in [2.24, 2.45) is 46.8 Å². The predicted octanol–water partition coefficient (Wildman–Crippen LogP) is 11.3. The van der Waals surface area contributed by atoms with E-state index in [-0.39, 0.29) is 116 Å². The van der Waals surface area contributed by atoms with Crippen molar-refractivity contribution in [1.82, 2.24) is 4.90 Å². The van der Waals surface area contributed by atoms with Crippen LogP contribution in [0.2, 0.25) is 0 Å². The molecule has 0 aromatic carbocycles. The molecule has 2 bridgehead atoms. The van der Waals surface area contributed by atoms with Crippen molar-refractivity contribution < 1.29 is 105 Å². The van der Waals surface area contributed by atoms with Crippen LogP contribution in [0.25, 0.3) is 0 Å². The summed E-state index contributed by atoms with van der Waals surface area (Å²) in [6, 6.07) is -1.20. The molecule has 23 heteroatoms. The third kappa shape index (κ3) is 17.9. The van der Waals surface area contributed by atoms with E-state index in [1.165, 1.54) is 32.3 Å². The number of aliphatic hydroxyl groups excluding tert-OH is 1. The molecule has 574 valence electrons. The molecule has 23 nitrogen and oxygen atoms in total. The second-order valence-electron chi connectivity index (χ2n) is 31.6. The maximum Gasteiger partial charge on any atom is 0.342 e. The second kappa shape index (κ2) is 35.3. The van der Waals surface area contributed by atoms with Crippen molar-refractivity contribution in [3.05, 3.63) is 81.9 Å². The Balaban J connectivity index is 0.792. The molecular weight excluding hydrogens is 1340 g/mol. The van der Waals surface area contributed by atoms with Crippen LogP contribution in [-0.4, -0.2) is 175 Å². The number of methoxy groups -OCH3 is 3. The number of Topliss-reactive ketones (excluding diaryl/α,β-unsaturated/α-hetero) is 4. The van der Waals surface area contributed by atoms with E-state index in [2.05, 4.69) is 0 Å². The van der Waals surface area contributed by atoms with Crippen LogP contribution in [0.4, 0.5) is 0 Å². The van der Waals surface area contributed by atoms with Crippen molar-refractivity contribution in [1.29, 1.82) is 0 Å². The summed E-state index contributed by atoms with van der Waals surface area (Å²) >= 11 is 0. The molecule has 1 amide bonds. The van der Waals surface area contributed by atoms with E-state index in [0.717, 1.165) is 5.57 Å². The Morgan fingerprint density at radius 1 is 0.769 bits per heavy atom. The molecular formula is C81H113NO22. The maximum absolute atomic E-state index is 14.7. The lowest BCUT2D eigenvalue weighted by atomic mass is 9.54. The van der Waals surface area contributed by atoms with E-state index in [4.69, 9.17) is 47.0 Å². The highest BCUT2D eigenvalue weighted by Crippen LogP contribution is 2.63. The van der Waals surface area contributed by atoms with Crippen LogP contribution < -0.4 is 0 Å². The molecule has 4 aliphatic carbocycles. The number of cyclic esters (lactones) is 2. The number of carbonyl (C=O) groups is 10. The molecule has 8 aliphatic rings. The Kier molecular flexibility index (Phi) is 27.6. The molecule has 9 rings (SSSR count). The molecule has 2 N–H and O–H groups in total. The van der Waals surface area contributed by atoms with Crippen molar-refractivity contribution in [3.8, 4) is 0 Å². The molecule has 18 atom stereocenters. The highest BCUT2D eigenvalue weighted by atomic mass is 16.6. The van der Waals surface area contributed by atoms with Gasteiger partial charge in [-0.3, -0.25) is 38.4 Å². The number of unbranched alkanes of at least 4 members (excludes halogenated alkanes) is 3. The molecule has 5 heterocycles. The van der Waals surface area contributed by atoms with Gasteiger partial charge in [-0.15, -0.1) is 0 Å². The first-order valence-electron chi connectivity index (χ1n) is 38.0. The topological polar surface area (TPSA) is 311 Å². The molecule has 1 aromatic heterocycles. The number of hydrogen-bond donors (Lipinski definition) is 2. The van der Waals surface area contributed by atoms with E-state index in [1.54, 1.807) is 40.9 Å². The summed E-state index contributed by atoms with van der Waals surface area (Å²) < 4.78 is 59.7. The quantitative estimate of drug-likeness (QED) is 0.0481. The van der Waals surface area contributed by atoms with Gasteiger partial charge in [-0.05, 0) is 164 Å². The lowest BCUT2D eigenvalue weighted by molar-refractivity contribution is -0.265. The molecule has 2 saturated heterocycles. The third-order valence-electron chi connectivity index (χ3n) is 24.1. The van der Waals surface area contributed by atoms with Gasteiger partial charge in [-0.25, -0.2) is 9.59 Å². The number of rotatable bonds is 17. The molecule has 1 unspecified atom stereocenters. The van der Waals surface area contributed by atoms with Gasteiger partial charge in [-0.1, -0.05) is 90.8 Å². The van der Waals surface area contributed by atoms with Crippen molar-refractivity contribution >= 4 is 58.9 Å². The van der Waals surface area contributed by atoms with Gasteiger partial charge in [0.2, 0.25) is 11.6 Å². The minimum absolute atomic E-state index is 0.0139. The Morgan fingerprint density at radius 3 is 2.14 bits per heavy atom. The normalized spacial score (nSPS) is 36.9. The lowest BCUT2D eigenvalue weighted by Gasteiger charge is -2.52. The summed E-state index contributed by atoms with van der Waals surface area (Å²) in [6.07, 6.45) is 14.8. The molecule has 0 radical (unpaired) electrons. The zero-order valence-electron chi connectivity index (χ0n) is 63.3. The van der Waals surface area contributed by atoms with Crippen LogP contribution in [0.15, 0.2) is 69.4 Å². The van der Waals surface area contributed by atoms with E-state index >= 15 is 0 Å². The van der Waals surface area contributed by atoms with Crippen LogP contribution in [0.5, 0.6) is 0 Å². The number of nitrogens with zero attached hydrogens (tertiary/aromatic N) is 1. The Labute approximate surface area is 612 Å². The van der Waals surface area contributed by atoms with Crippen molar-refractivity contribution in [3.63, 3.8) is 0 Å². The molecule has 1 aromatic rings. The molecule has 104 heavy (non-hydrogen) atoms. The first-order chi connectivity index (χ1) is 49.4. The number of fused-ring (bicyclic) bond motifs is 6. The number of carbonyl (C=O) groups excluding carboxylic acids is 10. The minimum atomic E-state index is -2.48. The van der Waals surface area contributed by atoms with Gasteiger partial charge in [0, 0.05) is 94.8 Å². The number of esters is 5. The summed E-state index contributed by atoms with van der Waals surface area (Å²) in [6.45, 7) is 17.8. The number of ketones is 4. The molecule has 4 fully saturated rings. The molecule has 0 spiro atoms. The van der Waals surface area contributed by atoms with Crippen LogP contribution >= 0.6 is 0 Å². The monoisotopic (exact) mass is 1450 g/mol. The summed E-state index contributed by atoms with van der Waals surface area (Å²) in [4.78, 5) is 141. The first-order valence-corrected chi connectivity index (χ1v) is 38.0. The number of ether oxygens (including phenoxy) is 9. The SMILES string of the molecule is COC[C@H]1OC(=O)c2coc3c2[C@@]1(C)C1=C(C3=O)C2CC[C@H](OC(=O)CCCCCCC(=O)O[C@H]3CC[C@H](C[C@@H](C)[C@@H]4CC(=O)[C@H](C)/C=C(\C)[C@@H](O)[C@@H](OC)C(=O)[C@H](C)C[C@H](C)/C=C/C=C/C=C(\C)[C@@H](OC)C[C@@H]5CC[C@@H](C)[C@@](O)(O5)C(=O)C(=O)N5CCCC[C@H]5C(=O)O4)CC3)[C@@]2(C)C[C@H]1OC(C)=O. The zero-order valence-corrected chi connectivity index (χ0v) is 63.3. The third-order valence-corrected chi connectivity index (χ3v) is 24.1. The Hall–Kier alpha value is -6.76. The average Bonchev–Trinajstić information content (AvgIpc) is 1.48. The van der Waals surface area contributed by atoms with Crippen LogP contribution in [0.1, 0.15) is 237 Å². The summed E-state index contributed by atoms with van der Waals surface area (Å²) in [5, 5.41) is 23.8. The summed E-state index contributed by atoms with van der Waals surface area (Å²) in [7, 11) is 4.43. The van der Waals surface area contributed by atoms with E-state index in [1.807, 2.05) is 65.0 Å². The fourth-order valence-corrected chi connectivity index (χ4v) is 17.9. The van der Waals surface area contributed by atoms with Crippen LogP contribution in [-0.2, 0) is 86.4 Å². The highest BCUT2D eigenvalue weighted by molar-refractivity contribution is 6.39. The van der Waals surface area contributed by atoms with Gasteiger partial charge in [-0.2, -0.15) is 0 Å². The van der Waals surface area contributed by atoms with Crippen molar-refractivity contribution in [2.75, 3.05) is 34.5 Å². The number of hydrogen-bond acceptors (Lipinski definition) is 22. The number of piperidine rings is 1. The van der Waals surface area contributed by atoms with Gasteiger partial charge in [0.05, 0.1) is 24.2 Å². The van der Waals surface area contributed by atoms with Crippen LogP contribution in [0, 0.1) is 46.8 Å². The number of amides is 1. The van der Waals surface area contributed by atoms with Gasteiger partial charge in [0.15, 0.2) is 11.5 Å². The second-order valence-corrected chi connectivity index (χ2v) is 31.6. The van der Waals surface area contributed by atoms with E-state index < -0.39 is 125 Å². The highest BCUT2D eigenvalue weighted by Gasteiger charge is 2.65. The maximum atomic E-state index is 14.7. The number of aliphatic hydroxyl groups is 2. The standard InChI is InChI=1S/C81H113NO22/c1-45-23-17-16-18-24-46(2)60(96-12)40-55-31-28-51(7)81(94,104-55)75(90)76(91)82-36-22-21-25-58(82)78(93)101-61(41-59(84)47(3)38-50(6)71(88)74(97-13)70(87)49(5)37-45)48(4)39-53-29-32-54(33-30-53)100-65(85)26-19-14-15-20-27-66(86)102-63-35-34-57-67-69(62(99-52(8)83)42-79(57,63)9)80(10)64(44-95-11)103-77(92)56-43-98-73(68(56)80)72(67)89/h16-18,23-24,38,43,45,47-49,51,53-55,57-58,60-64,71,74,88,94H,14-15,19-22,25-37,39-42,44H2,1-13H3/b18-16+,23-17+,46-24+,50-38+/t45-,47-,48-,49-,51-,53-,54-,55+,57?,58+,60+,61+,62-,63+,64-,71-,74+,79+,80+,81-/m1/s1. The van der Waals surface area contributed by atoms with Gasteiger partial charge in [0.25, 0.3) is 11.7 Å². The van der Waals surface area contributed by atoms with E-state index in [0.29, 0.717) is 125 Å².